The Morgan fingerprint density at radius 1 is 1.08 bits per heavy atom. The summed E-state index contributed by atoms with van der Waals surface area (Å²) in [5.41, 5.74) is -0.858. The monoisotopic (exact) mass is 562 g/mol. The van der Waals surface area contributed by atoms with E-state index in [4.69, 9.17) is 33.1 Å². The Balaban J connectivity index is 0.000000604. The van der Waals surface area contributed by atoms with Crippen LogP contribution in [-0.2, 0) is 15.0 Å². The topological polar surface area (TPSA) is 110 Å². The number of nitrogens with zero attached hydrogens (tertiary/aromatic N) is 1. The highest BCUT2D eigenvalue weighted by Crippen LogP contribution is 2.52. The summed E-state index contributed by atoms with van der Waals surface area (Å²) in [6, 6.07) is 11.9. The number of nitriles is 1. The summed E-state index contributed by atoms with van der Waals surface area (Å²) < 4.78 is 46.9. The first kappa shape index (κ1) is 30.4. The van der Waals surface area contributed by atoms with Gasteiger partial charge in [-0.15, -0.1) is 0 Å². The molecule has 4 atom stereocenters. The Kier molecular flexibility index (Phi) is 9.23. The molecule has 0 spiro atoms. The van der Waals surface area contributed by atoms with E-state index in [0.717, 1.165) is 0 Å². The number of benzene rings is 2. The Hall–Kier alpha value is -2.87. The number of carboxylic acids is 2. The molecule has 1 aliphatic rings. The van der Waals surface area contributed by atoms with E-state index in [1.165, 1.54) is 12.1 Å². The lowest BCUT2D eigenvalue weighted by atomic mass is 9.63. The Bertz CT molecular complexity index is 1190. The van der Waals surface area contributed by atoms with Crippen LogP contribution in [0.15, 0.2) is 42.5 Å². The number of hydrogen-bond acceptors (Lipinski definition) is 4. The normalized spacial score (nSPS) is 23.5. The third kappa shape index (κ3) is 6.72. The zero-order valence-corrected chi connectivity index (χ0v) is 21.4. The molecule has 1 aliphatic heterocycles. The molecule has 12 heteroatoms. The van der Waals surface area contributed by atoms with E-state index in [1.807, 2.05) is 20.8 Å². The molecule has 3 rings (SSSR count). The Morgan fingerprint density at radius 2 is 1.62 bits per heavy atom. The van der Waals surface area contributed by atoms with Crippen molar-refractivity contribution in [1.29, 1.82) is 5.26 Å². The van der Waals surface area contributed by atoms with E-state index in [2.05, 4.69) is 11.4 Å². The number of carbonyl (C=O) groups is 2. The molecular formula is C25H24Cl2F4N2O4. The lowest BCUT2D eigenvalue weighted by Gasteiger charge is -2.37. The van der Waals surface area contributed by atoms with Crippen LogP contribution in [0, 0.1) is 22.6 Å². The fourth-order valence-corrected chi connectivity index (χ4v) is 4.78. The molecule has 37 heavy (non-hydrogen) atoms. The van der Waals surface area contributed by atoms with Gasteiger partial charge in [-0.25, -0.2) is 9.18 Å². The fourth-order valence-electron chi connectivity index (χ4n) is 4.47. The summed E-state index contributed by atoms with van der Waals surface area (Å²) in [5, 5.41) is 31.2. The molecule has 3 N–H and O–H groups in total. The van der Waals surface area contributed by atoms with Gasteiger partial charge >= 0.3 is 18.1 Å². The van der Waals surface area contributed by atoms with Gasteiger partial charge in [-0.2, -0.15) is 18.4 Å². The summed E-state index contributed by atoms with van der Waals surface area (Å²) in [6.07, 6.45) is -4.58. The van der Waals surface area contributed by atoms with Gasteiger partial charge in [0.2, 0.25) is 0 Å². The number of rotatable bonds is 4. The molecule has 2 aromatic rings. The predicted molar refractivity (Wildman–Crippen MR) is 129 cm³/mol. The molecule has 0 amide bonds. The van der Waals surface area contributed by atoms with Crippen LogP contribution in [0.3, 0.4) is 0 Å². The molecule has 0 radical (unpaired) electrons. The van der Waals surface area contributed by atoms with E-state index < -0.39 is 47.3 Å². The van der Waals surface area contributed by atoms with Gasteiger partial charge in [0.05, 0.1) is 11.1 Å². The van der Waals surface area contributed by atoms with Gasteiger partial charge in [-0.05, 0) is 41.2 Å². The van der Waals surface area contributed by atoms with Crippen LogP contribution < -0.4 is 5.32 Å². The first-order valence-corrected chi connectivity index (χ1v) is 11.6. The predicted octanol–water partition coefficient (Wildman–Crippen LogP) is 6.17. The second-order valence-electron chi connectivity index (χ2n) is 9.71. The second kappa shape index (κ2) is 11.3. The van der Waals surface area contributed by atoms with Crippen LogP contribution in [0.5, 0.6) is 0 Å². The SMILES string of the molecule is CC(C)(C)C[C@@H]1N[C@@H](C(=O)O)[C@H](c2cccc(Cl)c2F)[C@@]1(C#N)c1ccc(Cl)cc1.O=C(O)C(F)(F)F. The number of aliphatic carboxylic acids is 2. The van der Waals surface area contributed by atoms with Gasteiger partial charge in [0.1, 0.15) is 17.3 Å². The van der Waals surface area contributed by atoms with E-state index in [-0.39, 0.29) is 16.0 Å². The first-order chi connectivity index (χ1) is 17.0. The smallest absolute Gasteiger partial charge is 0.480 e. The number of alkyl halides is 3. The molecule has 0 bridgehead atoms. The fraction of sp³-hybridized carbons (Fsp3) is 0.400. The van der Waals surface area contributed by atoms with Crippen LogP contribution in [0.2, 0.25) is 10.0 Å². The van der Waals surface area contributed by atoms with Crippen molar-refractivity contribution in [1.82, 2.24) is 5.32 Å². The van der Waals surface area contributed by atoms with Gasteiger partial charge in [0, 0.05) is 17.0 Å². The maximum Gasteiger partial charge on any atom is 0.490 e. The van der Waals surface area contributed by atoms with Crippen LogP contribution in [-0.4, -0.2) is 40.4 Å². The zero-order valence-electron chi connectivity index (χ0n) is 19.9. The average molecular weight is 563 g/mol. The van der Waals surface area contributed by atoms with Crippen molar-refractivity contribution in [3.8, 4) is 6.07 Å². The van der Waals surface area contributed by atoms with Crippen LogP contribution in [0.25, 0.3) is 0 Å². The van der Waals surface area contributed by atoms with Crippen molar-refractivity contribution in [2.45, 2.75) is 56.8 Å². The van der Waals surface area contributed by atoms with E-state index >= 15 is 4.39 Å². The number of carboxylic acid groups (broad SMARTS) is 2. The summed E-state index contributed by atoms with van der Waals surface area (Å²) in [5.74, 6) is -5.61. The van der Waals surface area contributed by atoms with Crippen molar-refractivity contribution in [2.24, 2.45) is 5.41 Å². The highest BCUT2D eigenvalue weighted by Gasteiger charge is 2.60. The molecular weight excluding hydrogens is 539 g/mol. The third-order valence-electron chi connectivity index (χ3n) is 5.90. The standard InChI is InChI=1S/C23H23Cl2FN2O2.C2HF3O2/c1-22(2,3)11-17-23(12-27,13-7-9-14(24)10-8-13)18(20(28-17)21(29)30)15-5-4-6-16(25)19(15)26;3-2(4,5)1(6)7/h4-10,17-18,20,28H,11H2,1-3H3,(H,29,30);(H,6,7)/t17-,18-,20+,23-;/m0./s1. The maximum atomic E-state index is 15.1. The minimum atomic E-state index is -5.08. The Morgan fingerprint density at radius 3 is 2.05 bits per heavy atom. The molecule has 1 saturated heterocycles. The van der Waals surface area contributed by atoms with Gasteiger partial charge in [-0.1, -0.05) is 68.2 Å². The van der Waals surface area contributed by atoms with Gasteiger partial charge < -0.3 is 10.2 Å². The third-order valence-corrected chi connectivity index (χ3v) is 6.45. The Labute approximate surface area is 220 Å². The highest BCUT2D eigenvalue weighted by molar-refractivity contribution is 6.31. The molecule has 2 aromatic carbocycles. The highest BCUT2D eigenvalue weighted by atomic mass is 35.5. The first-order valence-electron chi connectivity index (χ1n) is 10.9. The summed E-state index contributed by atoms with van der Waals surface area (Å²) in [6.45, 7) is 6.05. The van der Waals surface area contributed by atoms with Gasteiger partial charge in [-0.3, -0.25) is 10.1 Å². The van der Waals surface area contributed by atoms with Crippen molar-refractivity contribution in [3.63, 3.8) is 0 Å². The van der Waals surface area contributed by atoms with E-state index in [9.17, 15) is 28.3 Å². The molecule has 1 fully saturated rings. The second-order valence-corrected chi connectivity index (χ2v) is 10.6. The number of halogens is 6. The molecule has 200 valence electrons. The average Bonchev–Trinajstić information content (AvgIpc) is 3.09. The summed E-state index contributed by atoms with van der Waals surface area (Å²) >= 11 is 12.1. The summed E-state index contributed by atoms with van der Waals surface area (Å²) in [4.78, 5) is 21.1. The molecule has 0 saturated carbocycles. The molecule has 6 nitrogen and oxygen atoms in total. The van der Waals surface area contributed by atoms with Crippen LogP contribution in [0.1, 0.15) is 44.2 Å². The largest absolute Gasteiger partial charge is 0.490 e. The number of nitrogens with one attached hydrogen (secondary N) is 1. The quantitative estimate of drug-likeness (QED) is 0.384. The number of hydrogen-bond donors (Lipinski definition) is 3. The maximum absolute atomic E-state index is 15.1. The lowest BCUT2D eigenvalue weighted by molar-refractivity contribution is -0.192. The van der Waals surface area contributed by atoms with Crippen LogP contribution >= 0.6 is 23.2 Å². The molecule has 0 aliphatic carbocycles. The minimum absolute atomic E-state index is 0.107. The molecule has 0 aromatic heterocycles. The van der Waals surface area contributed by atoms with Crippen molar-refractivity contribution in [3.05, 3.63) is 69.5 Å². The van der Waals surface area contributed by atoms with E-state index in [1.54, 1.807) is 30.3 Å². The van der Waals surface area contributed by atoms with Crippen LogP contribution in [0.4, 0.5) is 17.6 Å². The molecule has 1 heterocycles. The minimum Gasteiger partial charge on any atom is -0.480 e. The summed E-state index contributed by atoms with van der Waals surface area (Å²) in [7, 11) is 0. The van der Waals surface area contributed by atoms with Gasteiger partial charge in [0.25, 0.3) is 0 Å². The van der Waals surface area contributed by atoms with Gasteiger partial charge in [0.15, 0.2) is 0 Å². The van der Waals surface area contributed by atoms with Crippen molar-refractivity contribution in [2.75, 3.05) is 0 Å². The van der Waals surface area contributed by atoms with Crippen molar-refractivity contribution < 1.29 is 37.4 Å². The van der Waals surface area contributed by atoms with Crippen molar-refractivity contribution >= 4 is 35.1 Å². The molecule has 0 unspecified atom stereocenters. The zero-order chi connectivity index (χ0) is 28.3. The lowest BCUT2D eigenvalue weighted by Crippen LogP contribution is -2.44. The van der Waals surface area contributed by atoms with E-state index in [0.29, 0.717) is 17.0 Å².